The molecule has 94 valence electrons. The number of hydrogen-bond donors (Lipinski definition) is 1. The lowest BCUT2D eigenvalue weighted by molar-refractivity contribution is 0.281. The molecule has 0 amide bonds. The smallest absolute Gasteiger partial charge is 0.129 e. The summed E-state index contributed by atoms with van der Waals surface area (Å²) in [5.41, 5.74) is 2.05. The number of anilines is 1. The summed E-state index contributed by atoms with van der Waals surface area (Å²) in [4.78, 5) is 7.06. The molecular formula is C14H22N2O. The first-order valence-corrected chi connectivity index (χ1v) is 6.38. The van der Waals surface area contributed by atoms with E-state index >= 15 is 0 Å². The molecule has 0 aromatic carbocycles. The summed E-state index contributed by atoms with van der Waals surface area (Å²) in [7, 11) is 0. The van der Waals surface area contributed by atoms with Crippen LogP contribution in [-0.4, -0.2) is 23.2 Å². The van der Waals surface area contributed by atoms with E-state index in [-0.39, 0.29) is 12.0 Å². The van der Waals surface area contributed by atoms with Gasteiger partial charge in [-0.15, -0.1) is 0 Å². The van der Waals surface area contributed by atoms with Crippen molar-refractivity contribution in [3.63, 3.8) is 0 Å². The van der Waals surface area contributed by atoms with Gasteiger partial charge in [0.05, 0.1) is 6.61 Å². The minimum atomic E-state index is 0.0274. The Bertz CT molecular complexity index is 390. The van der Waals surface area contributed by atoms with Crippen LogP contribution in [0.25, 0.3) is 0 Å². The maximum atomic E-state index is 9.35. The second-order valence-corrected chi connectivity index (χ2v) is 5.82. The van der Waals surface area contributed by atoms with E-state index in [0.717, 1.165) is 30.2 Å². The molecule has 0 aliphatic carbocycles. The molecule has 1 fully saturated rings. The molecule has 0 saturated carbocycles. The molecule has 1 aromatic rings. The average molecular weight is 234 g/mol. The van der Waals surface area contributed by atoms with Gasteiger partial charge in [-0.25, -0.2) is 4.98 Å². The molecule has 17 heavy (non-hydrogen) atoms. The lowest BCUT2D eigenvalue weighted by Crippen LogP contribution is -2.22. The molecule has 1 saturated heterocycles. The molecule has 0 atom stereocenters. The normalized spacial score (nSPS) is 16.6. The summed E-state index contributed by atoms with van der Waals surface area (Å²) < 4.78 is 0. The zero-order valence-corrected chi connectivity index (χ0v) is 11.0. The van der Waals surface area contributed by atoms with Gasteiger partial charge in [0.15, 0.2) is 0 Å². The van der Waals surface area contributed by atoms with Gasteiger partial charge in [-0.1, -0.05) is 20.8 Å². The zero-order valence-electron chi connectivity index (χ0n) is 11.0. The molecule has 1 aliphatic rings. The van der Waals surface area contributed by atoms with Crippen molar-refractivity contribution >= 4 is 5.82 Å². The monoisotopic (exact) mass is 234 g/mol. The maximum Gasteiger partial charge on any atom is 0.129 e. The molecule has 3 nitrogen and oxygen atoms in total. The Morgan fingerprint density at radius 1 is 1.24 bits per heavy atom. The molecule has 0 spiro atoms. The van der Waals surface area contributed by atoms with E-state index in [4.69, 9.17) is 4.98 Å². The van der Waals surface area contributed by atoms with Crippen LogP contribution in [0.15, 0.2) is 12.1 Å². The average Bonchev–Trinajstić information content (AvgIpc) is 2.80. The van der Waals surface area contributed by atoms with Crippen LogP contribution in [-0.2, 0) is 12.0 Å². The second-order valence-electron chi connectivity index (χ2n) is 5.82. The Kier molecular flexibility index (Phi) is 3.38. The number of aliphatic hydroxyl groups excluding tert-OH is 1. The molecule has 1 aromatic heterocycles. The summed E-state index contributed by atoms with van der Waals surface area (Å²) in [5.74, 6) is 1.03. The first-order chi connectivity index (χ1) is 8.00. The number of aromatic nitrogens is 1. The third-order valence-electron chi connectivity index (χ3n) is 3.25. The Hall–Kier alpha value is -1.09. The van der Waals surface area contributed by atoms with E-state index in [1.165, 1.54) is 12.8 Å². The lowest BCUT2D eigenvalue weighted by Gasteiger charge is -2.23. The fraction of sp³-hybridized carbons (Fsp3) is 0.643. The third-order valence-corrected chi connectivity index (χ3v) is 3.25. The van der Waals surface area contributed by atoms with Gasteiger partial charge >= 0.3 is 0 Å². The van der Waals surface area contributed by atoms with E-state index < -0.39 is 0 Å². The fourth-order valence-corrected chi connectivity index (χ4v) is 2.15. The predicted octanol–water partition coefficient (Wildman–Crippen LogP) is 2.47. The van der Waals surface area contributed by atoms with Crippen LogP contribution < -0.4 is 4.90 Å². The molecule has 2 heterocycles. The minimum Gasteiger partial charge on any atom is -0.392 e. The van der Waals surface area contributed by atoms with Gasteiger partial charge in [0.1, 0.15) is 5.82 Å². The van der Waals surface area contributed by atoms with Crippen LogP contribution >= 0.6 is 0 Å². The van der Waals surface area contributed by atoms with E-state index in [0.29, 0.717) is 0 Å². The molecule has 3 heteroatoms. The number of hydrogen-bond acceptors (Lipinski definition) is 3. The van der Waals surface area contributed by atoms with Crippen molar-refractivity contribution in [1.29, 1.82) is 0 Å². The minimum absolute atomic E-state index is 0.0274. The highest BCUT2D eigenvalue weighted by atomic mass is 16.3. The van der Waals surface area contributed by atoms with Crippen LogP contribution in [0.1, 0.15) is 44.9 Å². The zero-order chi connectivity index (χ0) is 12.5. The Morgan fingerprint density at radius 2 is 1.88 bits per heavy atom. The van der Waals surface area contributed by atoms with Crippen LogP contribution in [0.4, 0.5) is 5.82 Å². The highest BCUT2D eigenvalue weighted by molar-refractivity contribution is 5.44. The molecule has 0 unspecified atom stereocenters. The van der Waals surface area contributed by atoms with Crippen molar-refractivity contribution in [2.24, 2.45) is 0 Å². The summed E-state index contributed by atoms with van der Waals surface area (Å²) >= 11 is 0. The van der Waals surface area contributed by atoms with E-state index in [2.05, 4.69) is 25.7 Å². The molecular weight excluding hydrogens is 212 g/mol. The van der Waals surface area contributed by atoms with Crippen molar-refractivity contribution in [3.8, 4) is 0 Å². The Balaban J connectivity index is 2.38. The molecule has 2 rings (SSSR count). The van der Waals surface area contributed by atoms with Crippen molar-refractivity contribution < 1.29 is 5.11 Å². The standard InChI is InChI=1S/C14H22N2O/c1-14(2,3)12-8-11(10-17)9-13(15-12)16-6-4-5-7-16/h8-9,17H,4-7,10H2,1-3H3. The third kappa shape index (κ3) is 2.78. The van der Waals surface area contributed by atoms with Gasteiger partial charge in [-0.2, -0.15) is 0 Å². The first-order valence-electron chi connectivity index (χ1n) is 6.38. The predicted molar refractivity (Wildman–Crippen MR) is 70.3 cm³/mol. The molecule has 1 N–H and O–H groups in total. The number of rotatable bonds is 2. The second kappa shape index (κ2) is 4.65. The van der Waals surface area contributed by atoms with E-state index in [9.17, 15) is 5.11 Å². The number of pyridine rings is 1. The highest BCUT2D eigenvalue weighted by Gasteiger charge is 2.20. The van der Waals surface area contributed by atoms with Gasteiger partial charge in [0.2, 0.25) is 0 Å². The quantitative estimate of drug-likeness (QED) is 0.854. The van der Waals surface area contributed by atoms with Crippen molar-refractivity contribution in [3.05, 3.63) is 23.4 Å². The Morgan fingerprint density at radius 3 is 2.41 bits per heavy atom. The van der Waals surface area contributed by atoms with Crippen molar-refractivity contribution in [1.82, 2.24) is 4.98 Å². The van der Waals surface area contributed by atoms with Gasteiger partial charge in [0.25, 0.3) is 0 Å². The van der Waals surface area contributed by atoms with Crippen LogP contribution in [0.3, 0.4) is 0 Å². The van der Waals surface area contributed by atoms with Crippen LogP contribution in [0.2, 0.25) is 0 Å². The van der Waals surface area contributed by atoms with Gasteiger partial charge in [0, 0.05) is 24.2 Å². The summed E-state index contributed by atoms with van der Waals surface area (Å²) in [6, 6.07) is 4.03. The molecule has 0 bridgehead atoms. The van der Waals surface area contributed by atoms with Gasteiger partial charge in [-0.05, 0) is 30.5 Å². The largest absolute Gasteiger partial charge is 0.392 e. The van der Waals surface area contributed by atoms with E-state index in [1.807, 2.05) is 12.1 Å². The van der Waals surface area contributed by atoms with Gasteiger partial charge < -0.3 is 10.0 Å². The topological polar surface area (TPSA) is 36.4 Å². The van der Waals surface area contributed by atoms with Gasteiger partial charge in [-0.3, -0.25) is 0 Å². The SMILES string of the molecule is CC(C)(C)c1cc(CO)cc(N2CCCC2)n1. The lowest BCUT2D eigenvalue weighted by atomic mass is 9.91. The number of aliphatic hydroxyl groups is 1. The van der Waals surface area contributed by atoms with Crippen molar-refractivity contribution in [2.45, 2.75) is 45.6 Å². The van der Waals surface area contributed by atoms with Crippen LogP contribution in [0.5, 0.6) is 0 Å². The summed E-state index contributed by atoms with van der Waals surface area (Å²) in [5, 5.41) is 9.35. The number of nitrogens with zero attached hydrogens (tertiary/aromatic N) is 2. The fourth-order valence-electron chi connectivity index (χ4n) is 2.15. The first kappa shape index (κ1) is 12.4. The Labute approximate surface area is 103 Å². The molecule has 0 radical (unpaired) electrons. The van der Waals surface area contributed by atoms with E-state index in [1.54, 1.807) is 0 Å². The van der Waals surface area contributed by atoms with Crippen molar-refractivity contribution in [2.75, 3.05) is 18.0 Å². The maximum absolute atomic E-state index is 9.35. The molecule has 1 aliphatic heterocycles. The summed E-state index contributed by atoms with van der Waals surface area (Å²) in [6.07, 6.45) is 2.49. The highest BCUT2D eigenvalue weighted by Crippen LogP contribution is 2.26. The summed E-state index contributed by atoms with van der Waals surface area (Å²) in [6.45, 7) is 8.74. The van der Waals surface area contributed by atoms with Crippen LogP contribution in [0, 0.1) is 0 Å².